The van der Waals surface area contributed by atoms with Gasteiger partial charge in [-0.25, -0.2) is 13.8 Å². The minimum atomic E-state index is -5.05. The summed E-state index contributed by atoms with van der Waals surface area (Å²) in [6.45, 7) is 0. The molecule has 0 bridgehead atoms. The predicted molar refractivity (Wildman–Crippen MR) is 39.2 cm³/mol. The third-order valence-electron chi connectivity index (χ3n) is 1.54. The van der Waals surface area contributed by atoms with Gasteiger partial charge in [-0.2, -0.15) is 17.6 Å². The number of hydrogen-bond acceptors (Lipinski definition) is 1. The maximum absolute atomic E-state index is 12.6. The fourth-order valence-corrected chi connectivity index (χ4v) is 1.15. The first kappa shape index (κ1) is 12.1. The van der Waals surface area contributed by atoms with Gasteiger partial charge in [0.05, 0.1) is 11.1 Å². The Morgan fingerprint density at radius 2 is 1.80 bits per heavy atom. The maximum Gasteiger partial charge on any atom is 0.418 e. The molecule has 1 aromatic rings. The van der Waals surface area contributed by atoms with Gasteiger partial charge in [-0.15, -0.1) is 0 Å². The second-order valence-corrected chi connectivity index (χ2v) is 2.87. The van der Waals surface area contributed by atoms with Crippen molar-refractivity contribution in [1.82, 2.24) is 4.98 Å². The zero-order chi connectivity index (χ0) is 11.8. The molecule has 1 heterocycles. The fraction of sp³-hybridized carbons (Fsp3) is 0.286. The number of alkyl halides is 5. The highest BCUT2D eigenvalue weighted by Gasteiger charge is 2.38. The third kappa shape index (κ3) is 2.34. The van der Waals surface area contributed by atoms with Crippen LogP contribution < -0.4 is 0 Å². The summed E-state index contributed by atoms with van der Waals surface area (Å²) in [7, 11) is 0. The number of pyridine rings is 1. The van der Waals surface area contributed by atoms with Crippen LogP contribution in [0.1, 0.15) is 17.6 Å². The van der Waals surface area contributed by atoms with Crippen LogP contribution in [-0.4, -0.2) is 4.98 Å². The first-order valence-corrected chi connectivity index (χ1v) is 3.82. The third-order valence-corrected chi connectivity index (χ3v) is 1.90. The number of hydrogen-bond donors (Lipinski definition) is 0. The van der Waals surface area contributed by atoms with Crippen LogP contribution in [0.25, 0.3) is 0 Å². The predicted octanol–water partition coefficient (Wildman–Crippen LogP) is 3.83. The van der Waals surface area contributed by atoms with Gasteiger partial charge in [0.1, 0.15) is 5.02 Å². The van der Waals surface area contributed by atoms with Crippen molar-refractivity contribution in [1.29, 1.82) is 0 Å². The summed E-state index contributed by atoms with van der Waals surface area (Å²) in [5.74, 6) is -1.56. The highest BCUT2D eigenvalue weighted by molar-refractivity contribution is 6.31. The van der Waals surface area contributed by atoms with Gasteiger partial charge in [-0.3, -0.25) is 0 Å². The molecule has 1 nitrogen and oxygen atoms in total. The molecular formula is C7H2ClF6N. The van der Waals surface area contributed by atoms with Crippen molar-refractivity contribution in [3.8, 4) is 0 Å². The van der Waals surface area contributed by atoms with Gasteiger partial charge in [0.15, 0.2) is 0 Å². The molecule has 1 rings (SSSR count). The molecule has 0 amide bonds. The van der Waals surface area contributed by atoms with Crippen molar-refractivity contribution < 1.29 is 26.3 Å². The summed E-state index contributed by atoms with van der Waals surface area (Å²) < 4.78 is 73.5. The average Bonchev–Trinajstić information content (AvgIpc) is 2.06. The van der Waals surface area contributed by atoms with E-state index in [1.807, 2.05) is 0 Å². The van der Waals surface area contributed by atoms with Crippen LogP contribution in [0, 0.1) is 5.95 Å². The SMILES string of the molecule is Fc1ncc(C(F)(F)F)c(C(F)F)c1Cl. The van der Waals surface area contributed by atoms with E-state index in [0.29, 0.717) is 0 Å². The van der Waals surface area contributed by atoms with Crippen molar-refractivity contribution in [3.05, 3.63) is 28.3 Å². The molecule has 8 heteroatoms. The lowest BCUT2D eigenvalue weighted by atomic mass is 10.1. The first-order chi connectivity index (χ1) is 6.75. The minimum Gasteiger partial charge on any atom is -0.226 e. The van der Waals surface area contributed by atoms with Crippen LogP contribution in [0.15, 0.2) is 6.20 Å². The van der Waals surface area contributed by atoms with Crippen LogP contribution >= 0.6 is 11.6 Å². The second-order valence-electron chi connectivity index (χ2n) is 2.49. The molecule has 84 valence electrons. The number of rotatable bonds is 1. The lowest BCUT2D eigenvalue weighted by molar-refractivity contribution is -0.139. The molecule has 0 saturated heterocycles. The molecule has 0 aliphatic carbocycles. The summed E-state index contributed by atoms with van der Waals surface area (Å²) in [5, 5.41) is -1.31. The monoisotopic (exact) mass is 249 g/mol. The molecule has 0 aliphatic heterocycles. The smallest absolute Gasteiger partial charge is 0.226 e. The van der Waals surface area contributed by atoms with E-state index in [9.17, 15) is 26.3 Å². The van der Waals surface area contributed by atoms with Crippen molar-refractivity contribution in [2.45, 2.75) is 12.6 Å². The zero-order valence-electron chi connectivity index (χ0n) is 6.75. The van der Waals surface area contributed by atoms with E-state index in [-0.39, 0.29) is 6.20 Å². The molecule has 0 unspecified atom stereocenters. The maximum atomic E-state index is 12.6. The molecule has 0 saturated carbocycles. The summed E-state index contributed by atoms with van der Waals surface area (Å²) in [6.07, 6.45) is -8.58. The van der Waals surface area contributed by atoms with E-state index in [2.05, 4.69) is 4.98 Å². The van der Waals surface area contributed by atoms with Gasteiger partial charge in [-0.05, 0) is 0 Å². The topological polar surface area (TPSA) is 12.9 Å². The Morgan fingerprint density at radius 1 is 1.27 bits per heavy atom. The van der Waals surface area contributed by atoms with Gasteiger partial charge in [0.25, 0.3) is 6.43 Å². The molecule has 0 N–H and O–H groups in total. The van der Waals surface area contributed by atoms with Gasteiger partial charge in [0, 0.05) is 6.20 Å². The lowest BCUT2D eigenvalue weighted by Gasteiger charge is -2.12. The van der Waals surface area contributed by atoms with Crippen molar-refractivity contribution >= 4 is 11.6 Å². The van der Waals surface area contributed by atoms with E-state index in [0.717, 1.165) is 0 Å². The second kappa shape index (κ2) is 3.88. The molecule has 0 atom stereocenters. The minimum absolute atomic E-state index is 0.0112. The highest BCUT2D eigenvalue weighted by atomic mass is 35.5. The van der Waals surface area contributed by atoms with Gasteiger partial charge in [0.2, 0.25) is 5.95 Å². The van der Waals surface area contributed by atoms with E-state index >= 15 is 0 Å². The van der Waals surface area contributed by atoms with Crippen LogP contribution in [0.3, 0.4) is 0 Å². The largest absolute Gasteiger partial charge is 0.418 e. The lowest BCUT2D eigenvalue weighted by Crippen LogP contribution is -2.12. The van der Waals surface area contributed by atoms with Crippen LogP contribution in [-0.2, 0) is 6.18 Å². The van der Waals surface area contributed by atoms with Crippen LogP contribution in [0.5, 0.6) is 0 Å². The summed E-state index contributed by atoms with van der Waals surface area (Å²) in [6, 6.07) is 0. The van der Waals surface area contributed by atoms with Crippen molar-refractivity contribution in [2.75, 3.05) is 0 Å². The average molecular weight is 250 g/mol. The summed E-state index contributed by atoms with van der Waals surface area (Å²) in [4.78, 5) is 2.64. The number of halogens is 7. The summed E-state index contributed by atoms with van der Waals surface area (Å²) >= 11 is 4.98. The molecule has 1 aromatic heterocycles. The van der Waals surface area contributed by atoms with Gasteiger partial charge >= 0.3 is 6.18 Å². The first-order valence-electron chi connectivity index (χ1n) is 3.44. The zero-order valence-corrected chi connectivity index (χ0v) is 7.50. The molecule has 0 spiro atoms. The normalized spacial score (nSPS) is 12.3. The Bertz CT molecular complexity index is 374. The fourth-order valence-electron chi connectivity index (χ4n) is 0.916. The summed E-state index contributed by atoms with van der Waals surface area (Å²) in [5.41, 5.74) is -3.32. The highest BCUT2D eigenvalue weighted by Crippen LogP contribution is 2.39. The van der Waals surface area contributed by atoms with Gasteiger partial charge < -0.3 is 0 Å². The molecule has 0 aliphatic rings. The molecule has 0 radical (unpaired) electrons. The van der Waals surface area contributed by atoms with E-state index in [1.54, 1.807) is 0 Å². The molecular weight excluding hydrogens is 248 g/mol. The van der Waals surface area contributed by atoms with Crippen LogP contribution in [0.2, 0.25) is 5.02 Å². The van der Waals surface area contributed by atoms with E-state index in [1.165, 1.54) is 0 Å². The quantitative estimate of drug-likeness (QED) is 0.544. The standard InChI is InChI=1S/C7H2ClF6N/c8-4-3(5(9)10)2(7(12,13)14)1-15-6(4)11/h1,5H. The van der Waals surface area contributed by atoms with E-state index < -0.39 is 34.7 Å². The van der Waals surface area contributed by atoms with E-state index in [4.69, 9.17) is 11.6 Å². The van der Waals surface area contributed by atoms with Crippen LogP contribution in [0.4, 0.5) is 26.3 Å². The molecule has 0 aromatic carbocycles. The van der Waals surface area contributed by atoms with Crippen molar-refractivity contribution in [3.63, 3.8) is 0 Å². The number of nitrogens with zero attached hydrogens (tertiary/aromatic N) is 1. The number of aromatic nitrogens is 1. The Labute approximate surface area is 84.7 Å². The Kier molecular flexibility index (Phi) is 3.13. The Hall–Kier alpha value is -0.980. The Balaban J connectivity index is 3.47. The Morgan fingerprint density at radius 3 is 2.20 bits per heavy atom. The molecule has 0 fully saturated rings. The molecule has 15 heavy (non-hydrogen) atoms. The van der Waals surface area contributed by atoms with Gasteiger partial charge in [-0.1, -0.05) is 11.6 Å². The van der Waals surface area contributed by atoms with Crippen molar-refractivity contribution in [2.24, 2.45) is 0 Å².